The van der Waals surface area contributed by atoms with Gasteiger partial charge in [-0.1, -0.05) is 133 Å². The molecule has 0 aliphatic rings. The van der Waals surface area contributed by atoms with Crippen LogP contribution in [0, 0.1) is 34.0 Å². The van der Waals surface area contributed by atoms with Crippen molar-refractivity contribution in [2.24, 2.45) is 0 Å². The highest BCUT2D eigenvalue weighted by Gasteiger charge is 2.43. The Bertz CT molecular complexity index is 2580. The van der Waals surface area contributed by atoms with Crippen LogP contribution in [0.3, 0.4) is 0 Å². The van der Waals surface area contributed by atoms with Crippen LogP contribution >= 0.6 is 0 Å². The second kappa shape index (κ2) is 12.6. The third-order valence-electron chi connectivity index (χ3n) is 9.64. The molecule has 8 aromatic rings. The predicted molar refractivity (Wildman–Crippen MR) is 204 cm³/mol. The lowest BCUT2D eigenvalue weighted by atomic mass is 9.96. The van der Waals surface area contributed by atoms with Crippen LogP contribution in [0.5, 0.6) is 0 Å². The van der Waals surface area contributed by atoms with Gasteiger partial charge in [0.2, 0.25) is 0 Å². The van der Waals surface area contributed by atoms with Crippen molar-refractivity contribution in [1.29, 1.82) is 15.8 Å². The van der Waals surface area contributed by atoms with Crippen molar-refractivity contribution < 1.29 is 0 Å². The van der Waals surface area contributed by atoms with Gasteiger partial charge < -0.3 is 4.57 Å². The van der Waals surface area contributed by atoms with Crippen molar-refractivity contribution in [3.8, 4) is 35.0 Å². The molecule has 7 aromatic carbocycles. The Balaban J connectivity index is 1.51. The van der Waals surface area contributed by atoms with Gasteiger partial charge in [-0.2, -0.15) is 15.8 Å². The third kappa shape index (κ3) is 4.72. The Hall–Kier alpha value is -6.97. The van der Waals surface area contributed by atoms with E-state index in [4.69, 9.17) is 0 Å². The molecule has 5 heteroatoms. The molecule has 1 aromatic heterocycles. The third-order valence-corrected chi connectivity index (χ3v) is 14.5. The van der Waals surface area contributed by atoms with Gasteiger partial charge in [-0.05, 0) is 62.7 Å². The lowest BCUT2D eigenvalue weighted by Gasteiger charge is -2.36. The SMILES string of the molecule is N#Cc1cc(-c2ccccc2[Si](c2ccccc2)(c2ccccc2)c2ccccc2)c(C#N)c(-n2c3ccccc3c3cc(C#N)ccc32)c1. The standard InChI is InChI=1S/C45H28N4Si/c46-29-32-24-25-43-40(26-32)37-20-10-12-22-42(37)49(43)44-28-33(30-47)27-39(41(44)31-48)38-21-11-13-23-45(38)50(34-14-4-1-5-15-34,35-16-6-2-7-17-35)36-18-8-3-9-19-36/h1-28H. The molecular formula is C45H28N4Si. The van der Waals surface area contributed by atoms with E-state index in [0.29, 0.717) is 27.9 Å². The van der Waals surface area contributed by atoms with Crippen LogP contribution in [0.4, 0.5) is 0 Å². The molecule has 0 saturated carbocycles. The molecule has 0 spiro atoms. The maximum atomic E-state index is 11.1. The highest BCUT2D eigenvalue weighted by atomic mass is 28.3. The molecule has 0 saturated heterocycles. The number of para-hydroxylation sites is 1. The quantitative estimate of drug-likeness (QED) is 0.138. The number of nitrogens with zero attached hydrogens (tertiary/aromatic N) is 4. The van der Waals surface area contributed by atoms with Gasteiger partial charge in [0.05, 0.1) is 45.5 Å². The fourth-order valence-corrected chi connectivity index (χ4v) is 12.6. The van der Waals surface area contributed by atoms with Crippen molar-refractivity contribution in [3.63, 3.8) is 0 Å². The van der Waals surface area contributed by atoms with Crippen LogP contribution in [-0.4, -0.2) is 12.6 Å². The minimum absolute atomic E-state index is 0.453. The molecule has 0 aliphatic heterocycles. The van der Waals surface area contributed by atoms with Gasteiger partial charge in [0, 0.05) is 16.3 Å². The van der Waals surface area contributed by atoms with Crippen molar-refractivity contribution in [1.82, 2.24) is 4.57 Å². The van der Waals surface area contributed by atoms with E-state index in [9.17, 15) is 15.8 Å². The van der Waals surface area contributed by atoms with Crippen LogP contribution in [0.15, 0.2) is 170 Å². The predicted octanol–water partition coefficient (Wildman–Crippen LogP) is 7.44. The molecule has 50 heavy (non-hydrogen) atoms. The first kappa shape index (κ1) is 30.4. The summed E-state index contributed by atoms with van der Waals surface area (Å²) in [6.45, 7) is 0. The zero-order chi connectivity index (χ0) is 34.1. The molecule has 0 aliphatic carbocycles. The maximum absolute atomic E-state index is 11.1. The molecule has 0 atom stereocenters. The van der Waals surface area contributed by atoms with E-state index in [0.717, 1.165) is 32.6 Å². The average Bonchev–Trinajstić information content (AvgIpc) is 3.52. The van der Waals surface area contributed by atoms with Crippen LogP contribution < -0.4 is 20.7 Å². The van der Waals surface area contributed by atoms with Gasteiger partial charge >= 0.3 is 0 Å². The van der Waals surface area contributed by atoms with E-state index in [1.54, 1.807) is 6.07 Å². The number of aromatic nitrogens is 1. The van der Waals surface area contributed by atoms with Gasteiger partial charge in [0.25, 0.3) is 0 Å². The Morgan fingerprint density at radius 3 is 1.56 bits per heavy atom. The van der Waals surface area contributed by atoms with Gasteiger partial charge in [0.15, 0.2) is 8.07 Å². The minimum Gasteiger partial charge on any atom is -0.308 e. The Labute approximate surface area is 291 Å². The van der Waals surface area contributed by atoms with Crippen LogP contribution in [-0.2, 0) is 0 Å². The molecular weight excluding hydrogens is 625 g/mol. The summed E-state index contributed by atoms with van der Waals surface area (Å²) in [4.78, 5) is 0. The number of hydrogen-bond donors (Lipinski definition) is 0. The molecule has 0 radical (unpaired) electrons. The van der Waals surface area contributed by atoms with Crippen LogP contribution in [0.25, 0.3) is 38.6 Å². The maximum Gasteiger partial charge on any atom is 0.180 e. The molecule has 0 fully saturated rings. The first-order valence-electron chi connectivity index (χ1n) is 16.4. The lowest BCUT2D eigenvalue weighted by molar-refractivity contribution is 1.16. The fraction of sp³-hybridized carbons (Fsp3) is 0. The van der Waals surface area contributed by atoms with Crippen molar-refractivity contribution in [3.05, 3.63) is 187 Å². The molecule has 0 N–H and O–H groups in total. The van der Waals surface area contributed by atoms with Gasteiger partial charge in [-0.25, -0.2) is 0 Å². The topological polar surface area (TPSA) is 76.3 Å². The van der Waals surface area contributed by atoms with Crippen molar-refractivity contribution in [2.75, 3.05) is 0 Å². The number of benzene rings is 7. The smallest absolute Gasteiger partial charge is 0.180 e. The molecule has 0 bridgehead atoms. The highest BCUT2D eigenvalue weighted by molar-refractivity contribution is 7.20. The number of fused-ring (bicyclic) bond motifs is 3. The van der Waals surface area contributed by atoms with Gasteiger partial charge in [0.1, 0.15) is 6.07 Å². The van der Waals surface area contributed by atoms with Gasteiger partial charge in [-0.15, -0.1) is 0 Å². The Kier molecular flexibility index (Phi) is 7.63. The zero-order valence-corrected chi connectivity index (χ0v) is 28.0. The summed E-state index contributed by atoms with van der Waals surface area (Å²) in [5.74, 6) is 0. The lowest BCUT2D eigenvalue weighted by Crippen LogP contribution is -2.75. The largest absolute Gasteiger partial charge is 0.308 e. The van der Waals surface area contributed by atoms with E-state index in [1.165, 1.54) is 15.6 Å². The summed E-state index contributed by atoms with van der Waals surface area (Å²) in [7, 11) is -3.00. The summed E-state index contributed by atoms with van der Waals surface area (Å²) in [6, 6.07) is 65.0. The normalized spacial score (nSPS) is 11.1. The van der Waals surface area contributed by atoms with E-state index in [2.05, 4.69) is 114 Å². The average molecular weight is 653 g/mol. The molecule has 4 nitrogen and oxygen atoms in total. The van der Waals surface area contributed by atoms with E-state index in [1.807, 2.05) is 72.8 Å². The van der Waals surface area contributed by atoms with E-state index in [-0.39, 0.29) is 0 Å². The summed E-state index contributed by atoms with van der Waals surface area (Å²) in [5, 5.41) is 38.0. The second-order valence-corrected chi connectivity index (χ2v) is 16.0. The Morgan fingerprint density at radius 2 is 0.960 bits per heavy atom. The first-order valence-corrected chi connectivity index (χ1v) is 18.4. The Morgan fingerprint density at radius 1 is 0.420 bits per heavy atom. The summed E-state index contributed by atoms with van der Waals surface area (Å²) in [6.07, 6.45) is 0. The molecule has 8 rings (SSSR count). The zero-order valence-electron chi connectivity index (χ0n) is 27.0. The summed E-state index contributed by atoms with van der Waals surface area (Å²) in [5.41, 5.74) is 5.48. The van der Waals surface area contributed by atoms with Crippen LogP contribution in [0.2, 0.25) is 0 Å². The molecule has 1 heterocycles. The number of nitriles is 3. The number of rotatable bonds is 6. The van der Waals surface area contributed by atoms with E-state index >= 15 is 0 Å². The van der Waals surface area contributed by atoms with Crippen molar-refractivity contribution >= 4 is 50.6 Å². The fourth-order valence-electron chi connectivity index (χ4n) is 7.58. The summed E-state index contributed by atoms with van der Waals surface area (Å²) < 4.78 is 2.06. The van der Waals surface area contributed by atoms with Crippen molar-refractivity contribution in [2.45, 2.75) is 0 Å². The molecule has 0 amide bonds. The highest BCUT2D eigenvalue weighted by Crippen LogP contribution is 2.37. The minimum atomic E-state index is -3.00. The monoisotopic (exact) mass is 652 g/mol. The molecule has 232 valence electrons. The second-order valence-electron chi connectivity index (χ2n) is 12.2. The molecule has 0 unspecified atom stereocenters. The van der Waals surface area contributed by atoms with Gasteiger partial charge in [-0.3, -0.25) is 0 Å². The van der Waals surface area contributed by atoms with E-state index < -0.39 is 8.07 Å². The summed E-state index contributed by atoms with van der Waals surface area (Å²) >= 11 is 0. The first-order chi connectivity index (χ1) is 24.7. The number of hydrogen-bond acceptors (Lipinski definition) is 3. The van der Waals surface area contributed by atoms with Crippen LogP contribution in [0.1, 0.15) is 16.7 Å².